The minimum absolute atomic E-state index is 0.200. The van der Waals surface area contributed by atoms with E-state index in [1.807, 2.05) is 49.0 Å². The maximum absolute atomic E-state index is 14.0. The number of halogens is 1. The van der Waals surface area contributed by atoms with Gasteiger partial charge in [-0.05, 0) is 48.9 Å². The van der Waals surface area contributed by atoms with Crippen LogP contribution >= 0.6 is 0 Å². The monoisotopic (exact) mass is 284 g/mol. The van der Waals surface area contributed by atoms with Gasteiger partial charge in [-0.2, -0.15) is 0 Å². The number of nitrogens with two attached hydrogens (primary N) is 1. The van der Waals surface area contributed by atoms with Gasteiger partial charge in [0.2, 0.25) is 0 Å². The van der Waals surface area contributed by atoms with Gasteiger partial charge in [0.05, 0.1) is 0 Å². The van der Waals surface area contributed by atoms with Crippen LogP contribution in [0.25, 0.3) is 10.9 Å². The zero-order chi connectivity index (χ0) is 15.0. The third-order valence-electron chi connectivity index (χ3n) is 3.57. The number of aromatic nitrogens is 1. The molecule has 0 amide bonds. The van der Waals surface area contributed by atoms with E-state index in [1.165, 1.54) is 6.07 Å². The number of hydrogen-bond acceptors (Lipinski definition) is 2. The van der Waals surface area contributed by atoms with Crippen molar-refractivity contribution < 1.29 is 9.13 Å². The summed E-state index contributed by atoms with van der Waals surface area (Å²) in [5.41, 5.74) is 7.60. The predicted molar refractivity (Wildman–Crippen MR) is 82.0 cm³/mol. The number of hydrogen-bond donors (Lipinski definition) is 1. The van der Waals surface area contributed by atoms with Crippen molar-refractivity contribution in [3.8, 4) is 11.5 Å². The molecule has 0 radical (unpaired) electrons. The third kappa shape index (κ3) is 2.62. The lowest BCUT2D eigenvalue weighted by Gasteiger charge is -2.10. The van der Waals surface area contributed by atoms with Crippen molar-refractivity contribution in [1.29, 1.82) is 0 Å². The van der Waals surface area contributed by atoms with E-state index in [0.29, 0.717) is 5.75 Å². The largest absolute Gasteiger partial charge is 0.454 e. The fraction of sp³-hybridized carbons (Fsp3) is 0.176. The highest BCUT2D eigenvalue weighted by molar-refractivity contribution is 5.81. The number of nitrogens with zero attached hydrogens (tertiary/aromatic N) is 1. The highest BCUT2D eigenvalue weighted by Gasteiger charge is 2.09. The van der Waals surface area contributed by atoms with E-state index in [-0.39, 0.29) is 11.8 Å². The molecule has 3 aromatic rings. The van der Waals surface area contributed by atoms with E-state index in [4.69, 9.17) is 10.5 Å². The van der Waals surface area contributed by atoms with E-state index in [2.05, 4.69) is 0 Å². The molecule has 0 saturated heterocycles. The minimum atomic E-state index is -0.405. The van der Waals surface area contributed by atoms with Crippen LogP contribution in [-0.2, 0) is 7.05 Å². The molecule has 3 nitrogen and oxygen atoms in total. The summed E-state index contributed by atoms with van der Waals surface area (Å²) in [6.45, 7) is 1.82. The molecule has 0 spiro atoms. The van der Waals surface area contributed by atoms with Crippen LogP contribution in [0.3, 0.4) is 0 Å². The van der Waals surface area contributed by atoms with E-state index >= 15 is 0 Å². The summed E-state index contributed by atoms with van der Waals surface area (Å²) >= 11 is 0. The van der Waals surface area contributed by atoms with Crippen molar-refractivity contribution in [3.05, 3.63) is 60.0 Å². The van der Waals surface area contributed by atoms with Crippen LogP contribution < -0.4 is 10.5 Å². The molecular formula is C17H17FN2O. The maximum atomic E-state index is 14.0. The molecule has 0 aliphatic carbocycles. The zero-order valence-electron chi connectivity index (χ0n) is 12.0. The van der Waals surface area contributed by atoms with Gasteiger partial charge in [-0.1, -0.05) is 6.07 Å². The topological polar surface area (TPSA) is 40.2 Å². The standard InChI is InChI=1S/C17H17FN2O/c1-11(19)12-3-6-17(15(18)10-12)21-14-4-5-16-13(9-14)7-8-20(16)2/h3-11H,19H2,1-2H3/t11-/m0/s1. The van der Waals surface area contributed by atoms with Gasteiger partial charge in [0.15, 0.2) is 11.6 Å². The number of fused-ring (bicyclic) bond motifs is 1. The van der Waals surface area contributed by atoms with Gasteiger partial charge in [-0.25, -0.2) is 4.39 Å². The molecule has 2 aromatic carbocycles. The summed E-state index contributed by atoms with van der Waals surface area (Å²) in [7, 11) is 1.98. The van der Waals surface area contributed by atoms with Crippen LogP contribution in [0.15, 0.2) is 48.7 Å². The second-order valence-electron chi connectivity index (χ2n) is 5.23. The molecule has 0 fully saturated rings. The first-order valence-corrected chi connectivity index (χ1v) is 6.82. The molecule has 1 heterocycles. The van der Waals surface area contributed by atoms with Crippen LogP contribution in [0.1, 0.15) is 18.5 Å². The van der Waals surface area contributed by atoms with Crippen molar-refractivity contribution in [2.24, 2.45) is 12.8 Å². The minimum Gasteiger partial charge on any atom is -0.454 e. The first-order valence-electron chi connectivity index (χ1n) is 6.82. The summed E-state index contributed by atoms with van der Waals surface area (Å²) < 4.78 is 21.7. The Morgan fingerprint density at radius 2 is 1.95 bits per heavy atom. The molecule has 21 heavy (non-hydrogen) atoms. The maximum Gasteiger partial charge on any atom is 0.166 e. The molecule has 2 N–H and O–H groups in total. The van der Waals surface area contributed by atoms with Crippen LogP contribution in [0, 0.1) is 5.82 Å². The molecular weight excluding hydrogens is 267 g/mol. The Morgan fingerprint density at radius 3 is 2.67 bits per heavy atom. The first kappa shape index (κ1) is 13.6. The Kier molecular flexibility index (Phi) is 3.39. The zero-order valence-corrected chi connectivity index (χ0v) is 12.0. The molecule has 4 heteroatoms. The Morgan fingerprint density at radius 1 is 1.14 bits per heavy atom. The van der Waals surface area contributed by atoms with Crippen LogP contribution in [-0.4, -0.2) is 4.57 Å². The molecule has 108 valence electrons. The number of rotatable bonds is 3. The SMILES string of the molecule is C[C@H](N)c1ccc(Oc2ccc3c(ccn3C)c2)c(F)c1. The normalized spacial score (nSPS) is 12.6. The molecule has 1 aromatic heterocycles. The van der Waals surface area contributed by atoms with Gasteiger partial charge in [0.25, 0.3) is 0 Å². The Bertz CT molecular complexity index is 793. The van der Waals surface area contributed by atoms with E-state index in [0.717, 1.165) is 16.5 Å². The van der Waals surface area contributed by atoms with Crippen LogP contribution in [0.5, 0.6) is 11.5 Å². The van der Waals surface area contributed by atoms with Crippen molar-refractivity contribution in [3.63, 3.8) is 0 Å². The molecule has 0 aliphatic rings. The number of benzene rings is 2. The lowest BCUT2D eigenvalue weighted by atomic mass is 10.1. The smallest absolute Gasteiger partial charge is 0.166 e. The Labute approximate surface area is 122 Å². The summed E-state index contributed by atoms with van der Waals surface area (Å²) in [4.78, 5) is 0. The predicted octanol–water partition coefficient (Wildman–Crippen LogP) is 4.13. The summed E-state index contributed by atoms with van der Waals surface area (Å²) in [5, 5.41) is 1.06. The lowest BCUT2D eigenvalue weighted by molar-refractivity contribution is 0.442. The van der Waals surface area contributed by atoms with Gasteiger partial charge in [-0.3, -0.25) is 0 Å². The quantitative estimate of drug-likeness (QED) is 0.785. The molecule has 0 unspecified atom stereocenters. The molecule has 0 aliphatic heterocycles. The van der Waals surface area contributed by atoms with Crippen LogP contribution in [0.4, 0.5) is 4.39 Å². The van der Waals surface area contributed by atoms with E-state index in [1.54, 1.807) is 12.1 Å². The average molecular weight is 284 g/mol. The highest BCUT2D eigenvalue weighted by Crippen LogP contribution is 2.29. The molecule has 0 saturated carbocycles. The number of aryl methyl sites for hydroxylation is 1. The number of ether oxygens (including phenoxy) is 1. The Balaban J connectivity index is 1.91. The molecule has 0 bridgehead atoms. The van der Waals surface area contributed by atoms with E-state index < -0.39 is 5.82 Å². The van der Waals surface area contributed by atoms with Crippen LogP contribution in [0.2, 0.25) is 0 Å². The fourth-order valence-corrected chi connectivity index (χ4v) is 2.33. The van der Waals surface area contributed by atoms with E-state index in [9.17, 15) is 4.39 Å². The van der Waals surface area contributed by atoms with Gasteiger partial charge >= 0.3 is 0 Å². The van der Waals surface area contributed by atoms with Crippen molar-refractivity contribution in [2.75, 3.05) is 0 Å². The second kappa shape index (κ2) is 5.22. The summed E-state index contributed by atoms with van der Waals surface area (Å²) in [6, 6.07) is 12.3. The summed E-state index contributed by atoms with van der Waals surface area (Å²) in [6.07, 6.45) is 1.98. The average Bonchev–Trinajstić information content (AvgIpc) is 2.82. The first-order chi connectivity index (χ1) is 10.0. The molecule has 3 rings (SSSR count). The third-order valence-corrected chi connectivity index (χ3v) is 3.57. The van der Waals surface area contributed by atoms with Gasteiger partial charge < -0.3 is 15.0 Å². The van der Waals surface area contributed by atoms with Gasteiger partial charge in [0.1, 0.15) is 5.75 Å². The van der Waals surface area contributed by atoms with Crippen molar-refractivity contribution in [2.45, 2.75) is 13.0 Å². The van der Waals surface area contributed by atoms with Crippen molar-refractivity contribution >= 4 is 10.9 Å². The van der Waals surface area contributed by atoms with Gasteiger partial charge in [-0.15, -0.1) is 0 Å². The second-order valence-corrected chi connectivity index (χ2v) is 5.23. The molecule has 1 atom stereocenters. The Hall–Kier alpha value is -2.33. The van der Waals surface area contributed by atoms with Gasteiger partial charge in [0, 0.05) is 30.2 Å². The fourth-order valence-electron chi connectivity index (χ4n) is 2.33. The highest BCUT2D eigenvalue weighted by atomic mass is 19.1. The lowest BCUT2D eigenvalue weighted by Crippen LogP contribution is -2.05. The summed E-state index contributed by atoms with van der Waals surface area (Å²) in [5.74, 6) is 0.411. The van der Waals surface area contributed by atoms with Crippen molar-refractivity contribution in [1.82, 2.24) is 4.57 Å².